The van der Waals surface area contributed by atoms with Gasteiger partial charge in [-0.1, -0.05) is 36.0 Å². The molecule has 4 amide bonds. The number of benzene rings is 3. The van der Waals surface area contributed by atoms with Crippen LogP contribution in [0.15, 0.2) is 82.6 Å². The van der Waals surface area contributed by atoms with Gasteiger partial charge in [-0.15, -0.1) is 0 Å². The Bertz CT molecular complexity index is 1310. The Morgan fingerprint density at radius 1 is 0.971 bits per heavy atom. The molecule has 34 heavy (non-hydrogen) atoms. The first kappa shape index (κ1) is 21.7. The first-order chi connectivity index (χ1) is 16.3. The first-order valence-electron chi connectivity index (χ1n) is 10.4. The molecule has 2 aliphatic heterocycles. The van der Waals surface area contributed by atoms with Gasteiger partial charge in [-0.05, 0) is 48.9 Å². The number of rotatable bonds is 4. The quantitative estimate of drug-likeness (QED) is 0.345. The number of para-hydroxylation sites is 2. The highest BCUT2D eigenvalue weighted by atomic mass is 32.2. The molecule has 1 unspecified atom stereocenters. The van der Waals surface area contributed by atoms with E-state index in [9.17, 15) is 24.5 Å². The van der Waals surface area contributed by atoms with Crippen molar-refractivity contribution in [2.75, 3.05) is 11.4 Å². The average molecular weight is 474 g/mol. The fraction of sp³-hybridized carbons (Fsp3) is 0.125. The summed E-state index contributed by atoms with van der Waals surface area (Å²) in [6.45, 7) is 1.06. The van der Waals surface area contributed by atoms with Gasteiger partial charge in [-0.25, -0.2) is 4.79 Å². The molecule has 2 aliphatic rings. The van der Waals surface area contributed by atoms with Crippen LogP contribution in [0.4, 0.5) is 21.9 Å². The molecule has 9 nitrogen and oxygen atoms in total. The van der Waals surface area contributed by atoms with Crippen molar-refractivity contribution in [2.45, 2.75) is 22.3 Å². The minimum atomic E-state index is -1.44. The average Bonchev–Trinajstić information content (AvgIpc) is 3.06. The van der Waals surface area contributed by atoms with Crippen LogP contribution in [0.2, 0.25) is 0 Å². The van der Waals surface area contributed by atoms with Crippen molar-refractivity contribution in [1.29, 1.82) is 0 Å². The van der Waals surface area contributed by atoms with Crippen molar-refractivity contribution in [2.24, 2.45) is 0 Å². The maximum absolute atomic E-state index is 13.5. The minimum absolute atomic E-state index is 0.128. The summed E-state index contributed by atoms with van der Waals surface area (Å²) in [4.78, 5) is 54.2. The van der Waals surface area contributed by atoms with Gasteiger partial charge in [0.05, 0.1) is 16.3 Å². The number of nitrogens with one attached hydrogen (secondary N) is 1. The summed E-state index contributed by atoms with van der Waals surface area (Å²) >= 11 is 1.55. The molecule has 0 spiro atoms. The fourth-order valence-corrected chi connectivity index (χ4v) is 5.19. The van der Waals surface area contributed by atoms with Gasteiger partial charge >= 0.3 is 6.03 Å². The van der Waals surface area contributed by atoms with E-state index in [1.165, 1.54) is 36.1 Å². The van der Waals surface area contributed by atoms with E-state index in [4.69, 9.17) is 0 Å². The lowest BCUT2D eigenvalue weighted by Gasteiger charge is -2.32. The third kappa shape index (κ3) is 3.39. The number of nitrogens with zero attached hydrogens (tertiary/aromatic N) is 3. The number of carbonyl (C=O) groups excluding carboxylic acids is 3. The van der Waals surface area contributed by atoms with Gasteiger partial charge in [0.2, 0.25) is 0 Å². The van der Waals surface area contributed by atoms with E-state index in [2.05, 4.69) is 5.32 Å². The van der Waals surface area contributed by atoms with Gasteiger partial charge in [0, 0.05) is 21.9 Å². The lowest BCUT2D eigenvalue weighted by molar-refractivity contribution is -0.384. The topological polar surface area (TPSA) is 113 Å². The first-order valence-corrected chi connectivity index (χ1v) is 11.2. The molecule has 0 aromatic heterocycles. The van der Waals surface area contributed by atoms with Gasteiger partial charge in [-0.3, -0.25) is 29.5 Å². The number of non-ortho nitro benzene ring substituents is 1. The predicted molar refractivity (Wildman–Crippen MR) is 125 cm³/mol. The van der Waals surface area contributed by atoms with Gasteiger partial charge in [0.25, 0.3) is 17.5 Å². The Hall–Kier alpha value is -4.18. The zero-order valence-corrected chi connectivity index (χ0v) is 18.7. The number of nitro groups is 1. The molecule has 0 bridgehead atoms. The second-order valence-electron chi connectivity index (χ2n) is 8.02. The van der Waals surface area contributed by atoms with Crippen LogP contribution < -0.4 is 10.2 Å². The third-order valence-electron chi connectivity index (χ3n) is 5.91. The lowest BCUT2D eigenvalue weighted by atomic mass is 9.92. The number of nitro benzene ring substituents is 1. The number of anilines is 2. The summed E-state index contributed by atoms with van der Waals surface area (Å²) in [6.07, 6.45) is 0. The van der Waals surface area contributed by atoms with E-state index >= 15 is 0 Å². The van der Waals surface area contributed by atoms with Gasteiger partial charge in [-0.2, -0.15) is 0 Å². The van der Waals surface area contributed by atoms with Crippen LogP contribution in [-0.4, -0.2) is 34.2 Å². The molecule has 10 heteroatoms. The monoisotopic (exact) mass is 474 g/mol. The van der Waals surface area contributed by atoms with Crippen LogP contribution in [0.5, 0.6) is 0 Å². The summed E-state index contributed by atoms with van der Waals surface area (Å²) < 4.78 is 0. The second-order valence-corrected chi connectivity index (χ2v) is 9.10. The van der Waals surface area contributed by atoms with Crippen molar-refractivity contribution >= 4 is 46.7 Å². The van der Waals surface area contributed by atoms with Crippen LogP contribution in [0.1, 0.15) is 12.5 Å². The van der Waals surface area contributed by atoms with Gasteiger partial charge in [0.15, 0.2) is 0 Å². The van der Waals surface area contributed by atoms with Crippen LogP contribution in [0.25, 0.3) is 0 Å². The Morgan fingerprint density at radius 2 is 1.53 bits per heavy atom. The zero-order chi connectivity index (χ0) is 24.0. The van der Waals surface area contributed by atoms with Crippen molar-refractivity contribution in [1.82, 2.24) is 10.2 Å². The van der Waals surface area contributed by atoms with Gasteiger partial charge < -0.3 is 5.32 Å². The Labute approximate surface area is 198 Å². The predicted octanol–water partition coefficient (Wildman–Crippen LogP) is 4.19. The molecule has 1 saturated heterocycles. The van der Waals surface area contributed by atoms with Crippen molar-refractivity contribution in [3.8, 4) is 0 Å². The number of urea groups is 1. The Morgan fingerprint density at radius 3 is 2.09 bits per heavy atom. The number of hydrogen-bond acceptors (Lipinski definition) is 6. The molecule has 1 fully saturated rings. The van der Waals surface area contributed by atoms with Crippen LogP contribution in [0.3, 0.4) is 0 Å². The van der Waals surface area contributed by atoms with Crippen molar-refractivity contribution in [3.63, 3.8) is 0 Å². The summed E-state index contributed by atoms with van der Waals surface area (Å²) in [6, 6.07) is 19.6. The highest BCUT2D eigenvalue weighted by Gasteiger charge is 2.50. The lowest BCUT2D eigenvalue weighted by Crippen LogP contribution is -2.44. The number of imide groups is 1. The van der Waals surface area contributed by atoms with Crippen molar-refractivity contribution < 1.29 is 19.3 Å². The molecule has 1 N–H and O–H groups in total. The molecule has 3 aromatic rings. The minimum Gasteiger partial charge on any atom is -0.319 e. The van der Waals surface area contributed by atoms with E-state index in [0.29, 0.717) is 16.9 Å². The maximum Gasteiger partial charge on any atom is 0.325 e. The summed E-state index contributed by atoms with van der Waals surface area (Å²) in [5, 5.41) is 13.6. The Balaban J connectivity index is 1.44. The zero-order valence-electron chi connectivity index (χ0n) is 17.9. The Kier molecular flexibility index (Phi) is 5.09. The number of carbonyl (C=O) groups is 3. The molecular formula is C24H18N4O5S. The normalized spacial score (nSPS) is 18.9. The number of hydrogen-bond donors (Lipinski definition) is 1. The van der Waals surface area contributed by atoms with E-state index in [-0.39, 0.29) is 5.69 Å². The molecule has 0 saturated carbocycles. The maximum atomic E-state index is 13.5. The number of fused-ring (bicyclic) bond motifs is 2. The largest absolute Gasteiger partial charge is 0.325 e. The SMILES string of the molecule is CC1(c2ccc([N+](=O)[O-])cc2)NC(=O)N(CC(=O)N2c3ccccc3Sc3ccccc32)C1=O. The van der Waals surface area contributed by atoms with Crippen LogP contribution >= 0.6 is 11.8 Å². The second kappa shape index (κ2) is 7.99. The van der Waals surface area contributed by atoms with Crippen LogP contribution in [0, 0.1) is 10.1 Å². The molecular weight excluding hydrogens is 456 g/mol. The van der Waals surface area contributed by atoms with E-state index in [0.717, 1.165) is 14.7 Å². The van der Waals surface area contributed by atoms with Crippen LogP contribution in [-0.2, 0) is 15.1 Å². The van der Waals surface area contributed by atoms with E-state index in [1.807, 2.05) is 48.5 Å². The standard InChI is InChI=1S/C24H18N4O5S/c1-24(15-10-12-16(13-11-15)28(32)33)22(30)26(23(31)25-24)14-21(29)27-17-6-2-4-8-19(17)34-20-9-5-3-7-18(20)27/h2-13H,14H2,1H3,(H,25,31). The highest BCUT2D eigenvalue weighted by Crippen LogP contribution is 2.48. The summed E-state index contributed by atoms with van der Waals surface area (Å²) in [5.74, 6) is -1.04. The van der Waals surface area contributed by atoms with E-state index < -0.39 is 34.9 Å². The molecule has 1 atom stereocenters. The highest BCUT2D eigenvalue weighted by molar-refractivity contribution is 7.99. The third-order valence-corrected chi connectivity index (χ3v) is 7.04. The van der Waals surface area contributed by atoms with Crippen molar-refractivity contribution in [3.05, 3.63) is 88.5 Å². The summed E-state index contributed by atoms with van der Waals surface area (Å²) in [5.41, 5.74) is 0.177. The smallest absolute Gasteiger partial charge is 0.319 e. The fourth-order valence-electron chi connectivity index (χ4n) is 4.13. The molecule has 0 aliphatic carbocycles. The summed E-state index contributed by atoms with van der Waals surface area (Å²) in [7, 11) is 0. The van der Waals surface area contributed by atoms with Gasteiger partial charge in [0.1, 0.15) is 12.1 Å². The molecule has 5 rings (SSSR count). The number of amides is 4. The van der Waals surface area contributed by atoms with E-state index in [1.54, 1.807) is 11.8 Å². The molecule has 2 heterocycles. The molecule has 3 aromatic carbocycles. The molecule has 0 radical (unpaired) electrons. The molecule has 170 valence electrons.